The number of carbonyl (C=O) groups is 1. The summed E-state index contributed by atoms with van der Waals surface area (Å²) in [7, 11) is 2.08. The van der Waals surface area contributed by atoms with Crippen molar-refractivity contribution in [2.24, 2.45) is 0 Å². The fourth-order valence-electron chi connectivity index (χ4n) is 2.89. The molecule has 0 aliphatic carbocycles. The van der Waals surface area contributed by atoms with Crippen molar-refractivity contribution in [3.8, 4) is 5.75 Å². The number of hydrogen-bond donors (Lipinski definition) is 1. The molecule has 4 nitrogen and oxygen atoms in total. The first kappa shape index (κ1) is 14.6. The van der Waals surface area contributed by atoms with E-state index in [1.165, 1.54) is 0 Å². The average Bonchev–Trinajstić information content (AvgIpc) is 2.56. The Morgan fingerprint density at radius 1 is 1.05 bits per heavy atom. The first-order chi connectivity index (χ1) is 10.6. The highest BCUT2D eigenvalue weighted by molar-refractivity contribution is 5.94. The van der Waals surface area contributed by atoms with Crippen LogP contribution in [0, 0.1) is 0 Å². The first-order valence-electron chi connectivity index (χ1n) is 7.48. The van der Waals surface area contributed by atoms with Crippen LogP contribution in [0.15, 0.2) is 54.6 Å². The topological polar surface area (TPSA) is 43.8 Å². The van der Waals surface area contributed by atoms with Crippen LogP contribution >= 0.6 is 0 Å². The molecule has 1 saturated heterocycles. The molecule has 4 heteroatoms. The standard InChI is InChI=1S/C18H20N2O2/c1-19-11-12-20(17(13-19)14-5-3-2-4-6-14)18(22)15-7-9-16(21)10-8-15/h2-10,17,21H,11-13H2,1H3. The van der Waals surface area contributed by atoms with Crippen LogP contribution in [0.4, 0.5) is 0 Å². The lowest BCUT2D eigenvalue weighted by molar-refractivity contribution is 0.0498. The third kappa shape index (κ3) is 2.97. The molecule has 0 bridgehead atoms. The molecule has 2 aromatic carbocycles. The van der Waals surface area contributed by atoms with Gasteiger partial charge >= 0.3 is 0 Å². The molecule has 0 spiro atoms. The minimum absolute atomic E-state index is 0.0157. The van der Waals surface area contributed by atoms with E-state index in [2.05, 4.69) is 24.1 Å². The lowest BCUT2D eigenvalue weighted by atomic mass is 10.0. The Morgan fingerprint density at radius 3 is 2.41 bits per heavy atom. The number of rotatable bonds is 2. The number of phenols is 1. The quantitative estimate of drug-likeness (QED) is 0.926. The number of aromatic hydroxyl groups is 1. The van der Waals surface area contributed by atoms with Gasteiger partial charge in [0.1, 0.15) is 5.75 Å². The van der Waals surface area contributed by atoms with Gasteiger partial charge in [0.2, 0.25) is 0 Å². The van der Waals surface area contributed by atoms with Crippen molar-refractivity contribution >= 4 is 5.91 Å². The molecule has 1 N–H and O–H groups in total. The highest BCUT2D eigenvalue weighted by Crippen LogP contribution is 2.26. The number of likely N-dealkylation sites (N-methyl/N-ethyl adjacent to an activating group) is 1. The zero-order valence-corrected chi connectivity index (χ0v) is 12.6. The summed E-state index contributed by atoms with van der Waals surface area (Å²) >= 11 is 0. The maximum absolute atomic E-state index is 12.8. The maximum atomic E-state index is 12.8. The fraction of sp³-hybridized carbons (Fsp3) is 0.278. The molecule has 1 aliphatic rings. The van der Waals surface area contributed by atoms with Gasteiger partial charge in [0.15, 0.2) is 0 Å². The molecule has 1 amide bonds. The third-order valence-corrected chi connectivity index (χ3v) is 4.14. The van der Waals surface area contributed by atoms with Crippen LogP contribution in [0.25, 0.3) is 0 Å². The van der Waals surface area contributed by atoms with Crippen LogP contribution in [-0.4, -0.2) is 47.5 Å². The number of hydrogen-bond acceptors (Lipinski definition) is 3. The maximum Gasteiger partial charge on any atom is 0.254 e. The van der Waals surface area contributed by atoms with Crippen LogP contribution in [0.1, 0.15) is 22.0 Å². The monoisotopic (exact) mass is 296 g/mol. The fourth-order valence-corrected chi connectivity index (χ4v) is 2.89. The summed E-state index contributed by atoms with van der Waals surface area (Å²) in [4.78, 5) is 17.0. The van der Waals surface area contributed by atoms with E-state index < -0.39 is 0 Å². The largest absolute Gasteiger partial charge is 0.508 e. The van der Waals surface area contributed by atoms with E-state index in [0.717, 1.165) is 18.7 Å². The smallest absolute Gasteiger partial charge is 0.254 e. The second-order valence-electron chi connectivity index (χ2n) is 5.73. The van der Waals surface area contributed by atoms with Gasteiger partial charge in [0.25, 0.3) is 5.91 Å². The molecular formula is C18H20N2O2. The Balaban J connectivity index is 1.89. The SMILES string of the molecule is CN1CCN(C(=O)c2ccc(O)cc2)C(c2ccccc2)C1. The molecule has 1 heterocycles. The minimum atomic E-state index is 0.0157. The van der Waals surface area contributed by atoms with Crippen molar-refractivity contribution in [1.29, 1.82) is 0 Å². The van der Waals surface area contributed by atoms with Crippen LogP contribution in [0.5, 0.6) is 5.75 Å². The summed E-state index contributed by atoms with van der Waals surface area (Å²) in [5, 5.41) is 9.38. The van der Waals surface area contributed by atoms with Gasteiger partial charge in [-0.05, 0) is 36.9 Å². The van der Waals surface area contributed by atoms with Crippen LogP contribution in [0.3, 0.4) is 0 Å². The van der Waals surface area contributed by atoms with E-state index in [4.69, 9.17) is 0 Å². The highest BCUT2D eigenvalue weighted by Gasteiger charge is 2.30. The normalized spacial score (nSPS) is 19.1. The predicted molar refractivity (Wildman–Crippen MR) is 85.8 cm³/mol. The molecule has 0 saturated carbocycles. The molecule has 22 heavy (non-hydrogen) atoms. The van der Waals surface area contributed by atoms with E-state index in [1.54, 1.807) is 24.3 Å². The van der Waals surface area contributed by atoms with Gasteiger partial charge in [0.05, 0.1) is 6.04 Å². The molecule has 1 fully saturated rings. The van der Waals surface area contributed by atoms with Crippen LogP contribution in [-0.2, 0) is 0 Å². The van der Waals surface area contributed by atoms with Crippen LogP contribution in [0.2, 0.25) is 0 Å². The predicted octanol–water partition coefficient (Wildman–Crippen LogP) is 2.52. The van der Waals surface area contributed by atoms with Gasteiger partial charge < -0.3 is 14.9 Å². The molecule has 0 radical (unpaired) electrons. The first-order valence-corrected chi connectivity index (χ1v) is 7.48. The molecular weight excluding hydrogens is 276 g/mol. The Kier molecular flexibility index (Phi) is 4.11. The second kappa shape index (κ2) is 6.20. The van der Waals surface area contributed by atoms with Gasteiger partial charge in [-0.1, -0.05) is 30.3 Å². The van der Waals surface area contributed by atoms with Gasteiger partial charge in [0, 0.05) is 25.2 Å². The third-order valence-electron chi connectivity index (χ3n) is 4.14. The van der Waals surface area contributed by atoms with Crippen molar-refractivity contribution in [2.45, 2.75) is 6.04 Å². The number of piperazine rings is 1. The minimum Gasteiger partial charge on any atom is -0.508 e. The van der Waals surface area contributed by atoms with Gasteiger partial charge in [-0.25, -0.2) is 0 Å². The Morgan fingerprint density at radius 2 is 1.73 bits per heavy atom. The molecule has 114 valence electrons. The van der Waals surface area contributed by atoms with Crippen molar-refractivity contribution in [3.05, 3.63) is 65.7 Å². The van der Waals surface area contributed by atoms with Gasteiger partial charge in [-0.3, -0.25) is 4.79 Å². The Hall–Kier alpha value is -2.33. The van der Waals surface area contributed by atoms with Gasteiger partial charge in [-0.2, -0.15) is 0 Å². The number of benzene rings is 2. The molecule has 0 aromatic heterocycles. The summed E-state index contributed by atoms with van der Waals surface area (Å²) in [6, 6.07) is 16.7. The second-order valence-corrected chi connectivity index (χ2v) is 5.73. The van der Waals surface area contributed by atoms with Crippen LogP contribution < -0.4 is 0 Å². The zero-order valence-electron chi connectivity index (χ0n) is 12.6. The van der Waals surface area contributed by atoms with Crippen molar-refractivity contribution in [3.63, 3.8) is 0 Å². The molecule has 1 aliphatic heterocycles. The number of nitrogens with zero attached hydrogens (tertiary/aromatic N) is 2. The average molecular weight is 296 g/mol. The molecule has 1 atom stereocenters. The Bertz CT molecular complexity index is 640. The van der Waals surface area contributed by atoms with E-state index in [1.807, 2.05) is 23.1 Å². The molecule has 1 unspecified atom stereocenters. The molecule has 3 rings (SSSR count). The van der Waals surface area contributed by atoms with E-state index in [-0.39, 0.29) is 17.7 Å². The summed E-state index contributed by atoms with van der Waals surface area (Å²) in [6.07, 6.45) is 0. The zero-order chi connectivity index (χ0) is 15.5. The summed E-state index contributed by atoms with van der Waals surface area (Å²) in [5.41, 5.74) is 1.77. The van der Waals surface area contributed by atoms with Gasteiger partial charge in [-0.15, -0.1) is 0 Å². The molecule has 2 aromatic rings. The number of carbonyl (C=O) groups excluding carboxylic acids is 1. The summed E-state index contributed by atoms with van der Waals surface area (Å²) < 4.78 is 0. The summed E-state index contributed by atoms with van der Waals surface area (Å²) in [6.45, 7) is 2.40. The number of phenolic OH excluding ortho intramolecular Hbond substituents is 1. The van der Waals surface area contributed by atoms with Crippen molar-refractivity contribution in [2.75, 3.05) is 26.7 Å². The Labute approximate surface area is 130 Å². The van der Waals surface area contributed by atoms with E-state index in [0.29, 0.717) is 12.1 Å². The number of amides is 1. The van der Waals surface area contributed by atoms with E-state index in [9.17, 15) is 9.90 Å². The lowest BCUT2D eigenvalue weighted by Gasteiger charge is -2.40. The highest BCUT2D eigenvalue weighted by atomic mass is 16.3. The summed E-state index contributed by atoms with van der Waals surface area (Å²) in [5.74, 6) is 0.191. The van der Waals surface area contributed by atoms with Crippen molar-refractivity contribution in [1.82, 2.24) is 9.80 Å². The lowest BCUT2D eigenvalue weighted by Crippen LogP contribution is -2.49. The van der Waals surface area contributed by atoms with Crippen molar-refractivity contribution < 1.29 is 9.90 Å². The van der Waals surface area contributed by atoms with E-state index >= 15 is 0 Å².